The van der Waals surface area contributed by atoms with Crippen molar-refractivity contribution >= 4 is 15.9 Å². The molecule has 3 heteroatoms. The zero-order valence-corrected chi connectivity index (χ0v) is 9.37. The highest BCUT2D eigenvalue weighted by Gasteiger charge is 2.23. The Kier molecular flexibility index (Phi) is 3.28. The molecule has 0 saturated carbocycles. The van der Waals surface area contributed by atoms with Crippen LogP contribution in [-0.4, -0.2) is 0 Å². The fraction of sp³-hybridized carbons (Fsp3) is 0.273. The third-order valence-corrected chi connectivity index (χ3v) is 2.49. The highest BCUT2D eigenvalue weighted by Crippen LogP contribution is 2.21. The smallest absolute Gasteiger partial charge is 0.145 e. The molecule has 0 aromatic heterocycles. The van der Waals surface area contributed by atoms with E-state index in [1.54, 1.807) is 6.92 Å². The van der Waals surface area contributed by atoms with Crippen LogP contribution in [0.5, 0.6) is 0 Å². The molecule has 0 atom stereocenters. The Morgan fingerprint density at radius 3 is 2.14 bits per heavy atom. The van der Waals surface area contributed by atoms with Crippen molar-refractivity contribution in [3.8, 4) is 12.1 Å². The van der Waals surface area contributed by atoms with Crippen molar-refractivity contribution in [3.63, 3.8) is 0 Å². The van der Waals surface area contributed by atoms with Crippen molar-refractivity contribution in [2.24, 2.45) is 5.41 Å². The number of rotatable bonds is 2. The SMILES string of the molecule is CC(C#N)(C#N)Cc1ccc(Br)cc1. The van der Waals surface area contributed by atoms with Gasteiger partial charge in [-0.25, -0.2) is 0 Å². The maximum Gasteiger partial charge on any atom is 0.145 e. The van der Waals surface area contributed by atoms with Gasteiger partial charge in [0.05, 0.1) is 12.1 Å². The fourth-order valence-electron chi connectivity index (χ4n) is 1.11. The van der Waals surface area contributed by atoms with E-state index in [1.807, 2.05) is 36.4 Å². The van der Waals surface area contributed by atoms with Crippen LogP contribution >= 0.6 is 15.9 Å². The van der Waals surface area contributed by atoms with Crippen molar-refractivity contribution in [2.45, 2.75) is 13.3 Å². The fourth-order valence-corrected chi connectivity index (χ4v) is 1.38. The molecule has 0 spiro atoms. The summed E-state index contributed by atoms with van der Waals surface area (Å²) < 4.78 is 0.997. The number of nitrogens with zero attached hydrogens (tertiary/aromatic N) is 2. The van der Waals surface area contributed by atoms with Gasteiger partial charge in [-0.05, 0) is 24.6 Å². The van der Waals surface area contributed by atoms with E-state index in [0.29, 0.717) is 6.42 Å². The maximum absolute atomic E-state index is 8.82. The minimum atomic E-state index is -0.923. The number of halogens is 1. The van der Waals surface area contributed by atoms with Crippen molar-refractivity contribution in [1.29, 1.82) is 10.5 Å². The lowest BCUT2D eigenvalue weighted by molar-refractivity contribution is 0.581. The molecule has 0 heterocycles. The van der Waals surface area contributed by atoms with Gasteiger partial charge >= 0.3 is 0 Å². The zero-order chi connectivity index (χ0) is 10.6. The Balaban J connectivity index is 2.86. The summed E-state index contributed by atoms with van der Waals surface area (Å²) in [5.74, 6) is 0. The van der Waals surface area contributed by atoms with Crippen LogP contribution in [0.25, 0.3) is 0 Å². The van der Waals surface area contributed by atoms with E-state index in [-0.39, 0.29) is 0 Å². The molecule has 1 aromatic rings. The minimum Gasteiger partial charge on any atom is -0.197 e. The average Bonchev–Trinajstić information content (AvgIpc) is 2.21. The first kappa shape index (κ1) is 10.8. The van der Waals surface area contributed by atoms with Crippen LogP contribution < -0.4 is 0 Å². The van der Waals surface area contributed by atoms with Gasteiger partial charge in [0.1, 0.15) is 5.41 Å². The monoisotopic (exact) mass is 248 g/mol. The lowest BCUT2D eigenvalue weighted by Crippen LogP contribution is -2.14. The molecular weight excluding hydrogens is 240 g/mol. The van der Waals surface area contributed by atoms with Crippen molar-refractivity contribution < 1.29 is 0 Å². The Labute approximate surface area is 91.9 Å². The van der Waals surface area contributed by atoms with Crippen molar-refractivity contribution in [2.75, 3.05) is 0 Å². The van der Waals surface area contributed by atoms with E-state index in [1.165, 1.54) is 0 Å². The standard InChI is InChI=1S/C11H9BrN2/c1-11(7-13,8-14)6-9-2-4-10(12)5-3-9/h2-5H,6H2,1H3. The van der Waals surface area contributed by atoms with Gasteiger partial charge in [0.2, 0.25) is 0 Å². The van der Waals surface area contributed by atoms with Crippen LogP contribution in [0.3, 0.4) is 0 Å². The highest BCUT2D eigenvalue weighted by molar-refractivity contribution is 9.10. The molecule has 0 N–H and O–H groups in total. The molecule has 0 radical (unpaired) electrons. The average molecular weight is 249 g/mol. The number of benzene rings is 1. The Hall–Kier alpha value is -1.32. The lowest BCUT2D eigenvalue weighted by Gasteiger charge is -2.11. The van der Waals surface area contributed by atoms with E-state index >= 15 is 0 Å². The Morgan fingerprint density at radius 1 is 1.21 bits per heavy atom. The first-order valence-corrected chi connectivity index (χ1v) is 4.96. The molecule has 0 saturated heterocycles. The van der Waals surface area contributed by atoms with Gasteiger partial charge in [-0.1, -0.05) is 28.1 Å². The molecule has 0 fully saturated rings. The summed E-state index contributed by atoms with van der Waals surface area (Å²) in [4.78, 5) is 0. The predicted octanol–water partition coefficient (Wildman–Crippen LogP) is 3.05. The highest BCUT2D eigenvalue weighted by atomic mass is 79.9. The number of hydrogen-bond acceptors (Lipinski definition) is 2. The largest absolute Gasteiger partial charge is 0.197 e. The normalized spacial score (nSPS) is 10.3. The molecule has 70 valence electrons. The summed E-state index contributed by atoms with van der Waals surface area (Å²) in [7, 11) is 0. The van der Waals surface area contributed by atoms with Crippen molar-refractivity contribution in [3.05, 3.63) is 34.3 Å². The van der Waals surface area contributed by atoms with Crippen LogP contribution in [0.4, 0.5) is 0 Å². The van der Waals surface area contributed by atoms with Gasteiger partial charge in [-0.2, -0.15) is 10.5 Å². The lowest BCUT2D eigenvalue weighted by atomic mass is 9.87. The van der Waals surface area contributed by atoms with Gasteiger partial charge in [-0.3, -0.25) is 0 Å². The molecule has 1 rings (SSSR count). The van der Waals surface area contributed by atoms with E-state index in [2.05, 4.69) is 15.9 Å². The van der Waals surface area contributed by atoms with Gasteiger partial charge < -0.3 is 0 Å². The third kappa shape index (κ3) is 2.58. The Bertz CT molecular complexity index is 381. The quantitative estimate of drug-likeness (QED) is 0.808. The molecule has 0 aliphatic heterocycles. The maximum atomic E-state index is 8.82. The summed E-state index contributed by atoms with van der Waals surface area (Å²) >= 11 is 3.33. The topological polar surface area (TPSA) is 47.6 Å². The summed E-state index contributed by atoms with van der Waals surface area (Å²) in [5, 5.41) is 17.6. The second-order valence-electron chi connectivity index (χ2n) is 3.36. The van der Waals surface area contributed by atoms with Crippen molar-refractivity contribution in [1.82, 2.24) is 0 Å². The molecule has 0 amide bonds. The second-order valence-corrected chi connectivity index (χ2v) is 4.27. The first-order chi connectivity index (χ1) is 6.59. The predicted molar refractivity (Wildman–Crippen MR) is 57.2 cm³/mol. The van der Waals surface area contributed by atoms with Crippen LogP contribution in [0.1, 0.15) is 12.5 Å². The molecule has 14 heavy (non-hydrogen) atoms. The van der Waals surface area contributed by atoms with E-state index < -0.39 is 5.41 Å². The van der Waals surface area contributed by atoms with Crippen LogP contribution in [0, 0.1) is 28.1 Å². The minimum absolute atomic E-state index is 0.466. The van der Waals surface area contributed by atoms with Crippen LogP contribution in [0.2, 0.25) is 0 Å². The third-order valence-electron chi connectivity index (χ3n) is 1.96. The van der Waals surface area contributed by atoms with E-state index in [9.17, 15) is 0 Å². The van der Waals surface area contributed by atoms with Crippen LogP contribution in [0.15, 0.2) is 28.7 Å². The van der Waals surface area contributed by atoms with E-state index in [4.69, 9.17) is 10.5 Å². The molecule has 0 bridgehead atoms. The van der Waals surface area contributed by atoms with Gasteiger partial charge in [0.25, 0.3) is 0 Å². The summed E-state index contributed by atoms with van der Waals surface area (Å²) in [6.07, 6.45) is 0.466. The number of nitriles is 2. The molecule has 2 nitrogen and oxygen atoms in total. The molecule has 0 unspecified atom stereocenters. The molecule has 0 aliphatic carbocycles. The molecular formula is C11H9BrN2. The van der Waals surface area contributed by atoms with E-state index in [0.717, 1.165) is 10.0 Å². The molecule has 1 aromatic carbocycles. The zero-order valence-electron chi connectivity index (χ0n) is 7.79. The van der Waals surface area contributed by atoms with Crippen LogP contribution in [-0.2, 0) is 6.42 Å². The summed E-state index contributed by atoms with van der Waals surface area (Å²) in [6, 6.07) is 11.7. The number of hydrogen-bond donors (Lipinski definition) is 0. The molecule has 0 aliphatic rings. The first-order valence-electron chi connectivity index (χ1n) is 4.16. The summed E-state index contributed by atoms with van der Waals surface area (Å²) in [5.41, 5.74) is 0.0761. The Morgan fingerprint density at radius 2 is 1.71 bits per heavy atom. The van der Waals surface area contributed by atoms with Gasteiger partial charge in [-0.15, -0.1) is 0 Å². The summed E-state index contributed by atoms with van der Waals surface area (Å²) in [6.45, 7) is 1.65. The van der Waals surface area contributed by atoms with Gasteiger partial charge in [0, 0.05) is 10.9 Å². The second kappa shape index (κ2) is 4.26. The van der Waals surface area contributed by atoms with Gasteiger partial charge in [0.15, 0.2) is 0 Å².